The van der Waals surface area contributed by atoms with Gasteiger partial charge in [0.1, 0.15) is 18.1 Å². The first kappa shape index (κ1) is 33.5. The van der Waals surface area contributed by atoms with Crippen molar-refractivity contribution in [2.75, 3.05) is 6.54 Å². The van der Waals surface area contributed by atoms with Crippen molar-refractivity contribution in [3.63, 3.8) is 0 Å². The first-order chi connectivity index (χ1) is 17.6. The maximum absolute atomic E-state index is 12.8. The Hall–Kier alpha value is -4.48. The summed E-state index contributed by atoms with van der Waals surface area (Å²) in [6, 6.07) is -6.24. The quantitative estimate of drug-likeness (QED) is 0.0420. The molecule has 13 N–H and O–H groups in total. The number of amides is 3. The smallest absolute Gasteiger partial charge is 0.326 e. The number of carbonyl (C=O) groups is 7. The lowest BCUT2D eigenvalue weighted by Gasteiger charge is -2.24. The molecule has 0 fully saturated rings. The van der Waals surface area contributed by atoms with E-state index in [2.05, 4.69) is 20.9 Å². The zero-order valence-electron chi connectivity index (χ0n) is 20.3. The van der Waals surface area contributed by atoms with Gasteiger partial charge in [0, 0.05) is 19.4 Å². The van der Waals surface area contributed by atoms with Gasteiger partial charge in [-0.25, -0.2) is 4.79 Å². The summed E-state index contributed by atoms with van der Waals surface area (Å²) >= 11 is 0. The molecule has 4 unspecified atom stereocenters. The Kier molecular flexibility index (Phi) is 15.0. The van der Waals surface area contributed by atoms with E-state index in [1.165, 1.54) is 0 Å². The molecule has 0 aliphatic carbocycles. The van der Waals surface area contributed by atoms with Gasteiger partial charge in [0.2, 0.25) is 17.7 Å². The molecule has 0 aliphatic rings. The van der Waals surface area contributed by atoms with Crippen LogP contribution in [0.15, 0.2) is 4.99 Å². The van der Waals surface area contributed by atoms with Crippen LogP contribution in [0.5, 0.6) is 0 Å². The molecule has 0 aliphatic heterocycles. The normalized spacial score (nSPS) is 13.6. The summed E-state index contributed by atoms with van der Waals surface area (Å²) in [5.74, 6) is -9.07. The first-order valence-corrected chi connectivity index (χ1v) is 11.2. The van der Waals surface area contributed by atoms with Crippen LogP contribution < -0.4 is 33.2 Å². The third-order valence-corrected chi connectivity index (χ3v) is 4.86. The van der Waals surface area contributed by atoms with E-state index < -0.39 is 91.4 Å². The summed E-state index contributed by atoms with van der Waals surface area (Å²) in [4.78, 5) is 85.8. The van der Waals surface area contributed by atoms with E-state index in [-0.39, 0.29) is 31.8 Å². The second-order valence-corrected chi connectivity index (χ2v) is 8.04. The van der Waals surface area contributed by atoms with Crippen LogP contribution in [0.4, 0.5) is 0 Å². The molecule has 0 saturated heterocycles. The molecule has 0 aromatic rings. The molecule has 0 heterocycles. The fourth-order valence-corrected chi connectivity index (χ4v) is 2.91. The van der Waals surface area contributed by atoms with Crippen molar-refractivity contribution in [3.8, 4) is 0 Å². The van der Waals surface area contributed by atoms with Crippen LogP contribution in [0.25, 0.3) is 0 Å². The summed E-state index contributed by atoms with van der Waals surface area (Å²) in [6.45, 7) is 0.0618. The highest BCUT2D eigenvalue weighted by Crippen LogP contribution is 2.05. The average molecular weight is 548 g/mol. The van der Waals surface area contributed by atoms with Gasteiger partial charge in [-0.3, -0.25) is 33.8 Å². The minimum Gasteiger partial charge on any atom is -0.481 e. The Morgan fingerprint density at radius 1 is 0.658 bits per heavy atom. The third-order valence-electron chi connectivity index (χ3n) is 4.86. The lowest BCUT2D eigenvalue weighted by atomic mass is 10.1. The second kappa shape index (κ2) is 17.1. The van der Waals surface area contributed by atoms with Gasteiger partial charge in [-0.05, 0) is 25.7 Å². The fraction of sp³-hybridized carbons (Fsp3) is 0.600. The molecule has 0 radical (unpaired) electrons. The average Bonchev–Trinajstić information content (AvgIpc) is 2.80. The Balaban J connectivity index is 5.56. The lowest BCUT2D eigenvalue weighted by Crippen LogP contribution is -2.57. The Morgan fingerprint density at radius 3 is 1.66 bits per heavy atom. The van der Waals surface area contributed by atoms with E-state index in [0.29, 0.717) is 0 Å². The van der Waals surface area contributed by atoms with Gasteiger partial charge in [-0.2, -0.15) is 0 Å². The molecule has 0 aromatic carbocycles. The summed E-state index contributed by atoms with van der Waals surface area (Å²) < 4.78 is 0. The molecule has 0 bridgehead atoms. The molecule has 0 saturated carbocycles. The van der Waals surface area contributed by atoms with E-state index in [9.17, 15) is 38.7 Å². The standard InChI is InChI=1S/C20H33N7O11/c21-9(3-5-13(28)29)16(34)27-12(8-15(32)33)18(36)25-10(4-6-14(30)31)17(35)26-11(19(37)38)2-1-7-24-20(22)23/h9-12H,1-8,21H2,(H,25,36)(H,26,35)(H,27,34)(H,28,29)(H,30,31)(H,32,33)(H,37,38)(H4,22,23,24). The number of guanidine groups is 1. The Bertz CT molecular complexity index is 921. The van der Waals surface area contributed by atoms with E-state index in [0.717, 1.165) is 0 Å². The van der Waals surface area contributed by atoms with Gasteiger partial charge in [0.05, 0.1) is 12.5 Å². The summed E-state index contributed by atoms with van der Waals surface area (Å²) in [5.41, 5.74) is 15.9. The van der Waals surface area contributed by atoms with Gasteiger partial charge >= 0.3 is 23.9 Å². The van der Waals surface area contributed by atoms with Crippen molar-refractivity contribution in [2.24, 2.45) is 22.2 Å². The molecule has 0 spiro atoms. The predicted molar refractivity (Wildman–Crippen MR) is 127 cm³/mol. The van der Waals surface area contributed by atoms with Crippen LogP contribution in [0.1, 0.15) is 44.9 Å². The maximum Gasteiger partial charge on any atom is 0.326 e. The molecule has 4 atom stereocenters. The van der Waals surface area contributed by atoms with Crippen LogP contribution in [-0.4, -0.2) is 98.7 Å². The number of nitrogens with one attached hydrogen (secondary N) is 3. The molecule has 18 heteroatoms. The summed E-state index contributed by atoms with van der Waals surface area (Å²) in [6.07, 6.45) is -2.85. The molecule has 38 heavy (non-hydrogen) atoms. The highest BCUT2D eigenvalue weighted by molar-refractivity contribution is 5.95. The van der Waals surface area contributed by atoms with Gasteiger partial charge in [0.15, 0.2) is 5.96 Å². The van der Waals surface area contributed by atoms with E-state index in [1.54, 1.807) is 0 Å². The van der Waals surface area contributed by atoms with Gasteiger partial charge < -0.3 is 53.6 Å². The van der Waals surface area contributed by atoms with Crippen molar-refractivity contribution in [1.82, 2.24) is 16.0 Å². The zero-order chi connectivity index (χ0) is 29.4. The number of rotatable bonds is 19. The lowest BCUT2D eigenvalue weighted by molar-refractivity contribution is -0.143. The minimum absolute atomic E-state index is 0.0618. The number of nitrogens with two attached hydrogens (primary N) is 3. The number of hydrogen-bond donors (Lipinski definition) is 10. The van der Waals surface area contributed by atoms with Crippen LogP contribution in [0, 0.1) is 0 Å². The van der Waals surface area contributed by atoms with E-state index in [1.807, 2.05) is 0 Å². The van der Waals surface area contributed by atoms with Gasteiger partial charge in [0.25, 0.3) is 0 Å². The maximum atomic E-state index is 12.8. The summed E-state index contributed by atoms with van der Waals surface area (Å²) in [7, 11) is 0. The van der Waals surface area contributed by atoms with Crippen LogP contribution in [-0.2, 0) is 33.6 Å². The van der Waals surface area contributed by atoms with Gasteiger partial charge in [-0.15, -0.1) is 0 Å². The largest absolute Gasteiger partial charge is 0.481 e. The monoisotopic (exact) mass is 547 g/mol. The zero-order valence-corrected chi connectivity index (χ0v) is 20.3. The molecular formula is C20H33N7O11. The first-order valence-electron chi connectivity index (χ1n) is 11.2. The number of aliphatic imine (C=N–C) groups is 1. The number of carboxylic acids is 4. The number of hydrogen-bond acceptors (Lipinski definition) is 9. The van der Waals surface area contributed by atoms with Crippen molar-refractivity contribution >= 4 is 47.6 Å². The van der Waals surface area contributed by atoms with E-state index in [4.69, 9.17) is 32.5 Å². The topological polar surface area (TPSA) is 327 Å². The number of nitrogens with zero attached hydrogens (tertiary/aromatic N) is 1. The highest BCUT2D eigenvalue weighted by atomic mass is 16.4. The number of aliphatic carboxylic acids is 4. The summed E-state index contributed by atoms with van der Waals surface area (Å²) in [5, 5.41) is 42.5. The fourth-order valence-electron chi connectivity index (χ4n) is 2.91. The highest BCUT2D eigenvalue weighted by Gasteiger charge is 2.31. The molecular weight excluding hydrogens is 514 g/mol. The van der Waals surface area contributed by atoms with Crippen molar-refractivity contribution in [2.45, 2.75) is 69.1 Å². The molecule has 0 aromatic heterocycles. The van der Waals surface area contributed by atoms with Crippen LogP contribution >= 0.6 is 0 Å². The van der Waals surface area contributed by atoms with Crippen molar-refractivity contribution < 1.29 is 54.0 Å². The molecule has 3 amide bonds. The van der Waals surface area contributed by atoms with Crippen LogP contribution in [0.3, 0.4) is 0 Å². The molecule has 214 valence electrons. The predicted octanol–water partition coefficient (Wildman–Crippen LogP) is -3.89. The molecule has 0 rings (SSSR count). The number of carbonyl (C=O) groups excluding carboxylic acids is 3. The van der Waals surface area contributed by atoms with Crippen molar-refractivity contribution in [1.29, 1.82) is 0 Å². The second-order valence-electron chi connectivity index (χ2n) is 8.04. The minimum atomic E-state index is -1.77. The van der Waals surface area contributed by atoms with E-state index >= 15 is 0 Å². The molecule has 18 nitrogen and oxygen atoms in total. The number of carboxylic acid groups (broad SMARTS) is 4. The Morgan fingerprint density at radius 2 is 1.16 bits per heavy atom. The SMILES string of the molecule is NC(N)=NCCCC(NC(=O)C(CCC(=O)O)NC(=O)C(CC(=O)O)NC(=O)C(N)CCC(=O)O)C(=O)O. The third kappa shape index (κ3) is 14.8. The van der Waals surface area contributed by atoms with Gasteiger partial charge in [-0.1, -0.05) is 0 Å². The Labute approximate surface area is 216 Å². The van der Waals surface area contributed by atoms with Crippen LogP contribution in [0.2, 0.25) is 0 Å². The van der Waals surface area contributed by atoms with Crippen molar-refractivity contribution in [3.05, 3.63) is 0 Å².